The van der Waals surface area contributed by atoms with Crippen LogP contribution in [0.2, 0.25) is 0 Å². The van der Waals surface area contributed by atoms with Crippen molar-refractivity contribution in [3.8, 4) is 0 Å². The molecule has 5 rings (SSSR count). The fraction of sp³-hybridized carbons (Fsp3) is 0.429. The van der Waals surface area contributed by atoms with Crippen molar-refractivity contribution < 1.29 is 14.1 Å². The van der Waals surface area contributed by atoms with Crippen LogP contribution in [0.15, 0.2) is 41.1 Å². The van der Waals surface area contributed by atoms with Gasteiger partial charge in [-0.25, -0.2) is 0 Å². The minimum absolute atomic E-state index is 0.0792. The van der Waals surface area contributed by atoms with Crippen molar-refractivity contribution >= 4 is 28.4 Å². The number of para-hydroxylation sites is 1. The smallest absolute Gasteiger partial charge is 0.228 e. The third-order valence-corrected chi connectivity index (χ3v) is 5.73. The average molecular weight is 408 g/mol. The molecule has 9 heteroatoms. The van der Waals surface area contributed by atoms with Gasteiger partial charge in [0.1, 0.15) is 5.69 Å². The van der Waals surface area contributed by atoms with Crippen LogP contribution in [0, 0.1) is 0 Å². The van der Waals surface area contributed by atoms with Gasteiger partial charge in [0.25, 0.3) is 0 Å². The summed E-state index contributed by atoms with van der Waals surface area (Å²) in [6.45, 7) is 5.96. The predicted molar refractivity (Wildman–Crippen MR) is 112 cm³/mol. The maximum atomic E-state index is 12.8. The number of benzene rings is 1. The number of rotatable bonds is 4. The number of anilines is 2. The Hall–Kier alpha value is -3.20. The minimum atomic E-state index is 0.0792. The second-order valence-corrected chi connectivity index (χ2v) is 7.54. The van der Waals surface area contributed by atoms with Gasteiger partial charge in [-0.15, -0.1) is 5.10 Å². The molecule has 2 aliphatic heterocycles. The normalized spacial score (nSPS) is 17.5. The lowest BCUT2D eigenvalue weighted by Gasteiger charge is -2.36. The number of carbonyl (C=O) groups excluding carboxylic acids is 1. The summed E-state index contributed by atoms with van der Waals surface area (Å²) in [5, 5.41) is 13.5. The molecule has 2 fully saturated rings. The first-order valence-electron chi connectivity index (χ1n) is 10.3. The molecule has 0 bridgehead atoms. The van der Waals surface area contributed by atoms with Gasteiger partial charge in [-0.3, -0.25) is 4.79 Å². The van der Waals surface area contributed by atoms with Gasteiger partial charge in [-0.05, 0) is 12.1 Å². The van der Waals surface area contributed by atoms with Crippen molar-refractivity contribution in [3.63, 3.8) is 0 Å². The quantitative estimate of drug-likeness (QED) is 0.639. The maximum Gasteiger partial charge on any atom is 0.228 e. The van der Waals surface area contributed by atoms with Crippen molar-refractivity contribution in [2.45, 2.75) is 6.42 Å². The Morgan fingerprint density at radius 1 is 1.00 bits per heavy atom. The molecule has 0 atom stereocenters. The summed E-state index contributed by atoms with van der Waals surface area (Å²) in [4.78, 5) is 19.2. The highest BCUT2D eigenvalue weighted by Crippen LogP contribution is 2.22. The topological polar surface area (TPSA) is 87.8 Å². The zero-order chi connectivity index (χ0) is 20.3. The van der Waals surface area contributed by atoms with E-state index in [9.17, 15) is 4.79 Å². The van der Waals surface area contributed by atoms with E-state index in [4.69, 9.17) is 9.26 Å². The summed E-state index contributed by atoms with van der Waals surface area (Å²) in [5.41, 5.74) is 2.46. The lowest BCUT2D eigenvalue weighted by molar-refractivity contribution is -0.130. The summed E-state index contributed by atoms with van der Waals surface area (Å²) >= 11 is 0. The number of carbonyl (C=O) groups is 1. The Morgan fingerprint density at radius 2 is 1.80 bits per heavy atom. The van der Waals surface area contributed by atoms with Gasteiger partial charge < -0.3 is 24.0 Å². The van der Waals surface area contributed by atoms with Crippen LogP contribution in [0.25, 0.3) is 11.0 Å². The van der Waals surface area contributed by atoms with Gasteiger partial charge >= 0.3 is 0 Å². The molecule has 2 aromatic heterocycles. The summed E-state index contributed by atoms with van der Waals surface area (Å²) in [6.07, 6.45) is 2.05. The van der Waals surface area contributed by atoms with E-state index in [1.165, 1.54) is 0 Å². The fourth-order valence-corrected chi connectivity index (χ4v) is 4.00. The van der Waals surface area contributed by atoms with Gasteiger partial charge in [0.05, 0.1) is 31.5 Å². The van der Waals surface area contributed by atoms with Gasteiger partial charge in [0.15, 0.2) is 11.4 Å². The number of ether oxygens (including phenoxy) is 1. The van der Waals surface area contributed by atoms with Crippen molar-refractivity contribution in [3.05, 3.63) is 42.2 Å². The van der Waals surface area contributed by atoms with E-state index in [1.807, 2.05) is 29.2 Å². The molecular formula is C21H24N6O3. The van der Waals surface area contributed by atoms with E-state index in [0.717, 1.165) is 43.1 Å². The molecule has 2 saturated heterocycles. The van der Waals surface area contributed by atoms with Crippen molar-refractivity contribution in [1.29, 1.82) is 0 Å². The molecule has 30 heavy (non-hydrogen) atoms. The number of aromatic nitrogens is 3. The first-order chi connectivity index (χ1) is 14.8. The molecule has 0 N–H and O–H groups in total. The molecule has 1 amide bonds. The summed E-state index contributed by atoms with van der Waals surface area (Å²) < 4.78 is 10.7. The Bertz CT molecular complexity index is 1020. The lowest BCUT2D eigenvalue weighted by Crippen LogP contribution is -2.49. The van der Waals surface area contributed by atoms with Gasteiger partial charge in [0.2, 0.25) is 5.91 Å². The van der Waals surface area contributed by atoms with Crippen LogP contribution in [0.5, 0.6) is 0 Å². The number of hydrogen-bond donors (Lipinski definition) is 0. The summed E-state index contributed by atoms with van der Waals surface area (Å²) in [6, 6.07) is 9.71. The Kier molecular flexibility index (Phi) is 5.18. The third-order valence-electron chi connectivity index (χ3n) is 5.73. The number of morpholine rings is 1. The van der Waals surface area contributed by atoms with Crippen LogP contribution in [0.1, 0.15) is 5.69 Å². The SMILES string of the molecule is O=C(Cc1noc2ccccc12)N1CCN(c2cnnc(N3CCOCC3)c2)CC1. The van der Waals surface area contributed by atoms with E-state index in [2.05, 4.69) is 31.2 Å². The van der Waals surface area contributed by atoms with E-state index in [-0.39, 0.29) is 12.3 Å². The van der Waals surface area contributed by atoms with Crippen molar-refractivity contribution in [1.82, 2.24) is 20.3 Å². The Labute approximate surface area is 174 Å². The molecule has 2 aliphatic rings. The second kappa shape index (κ2) is 8.27. The van der Waals surface area contributed by atoms with Crippen LogP contribution in [0.3, 0.4) is 0 Å². The molecule has 0 radical (unpaired) electrons. The second-order valence-electron chi connectivity index (χ2n) is 7.54. The van der Waals surface area contributed by atoms with Gasteiger partial charge in [0, 0.05) is 50.7 Å². The first-order valence-corrected chi connectivity index (χ1v) is 10.3. The largest absolute Gasteiger partial charge is 0.378 e. The monoisotopic (exact) mass is 408 g/mol. The first kappa shape index (κ1) is 18.8. The van der Waals surface area contributed by atoms with E-state index >= 15 is 0 Å². The zero-order valence-electron chi connectivity index (χ0n) is 16.7. The lowest BCUT2D eigenvalue weighted by atomic mass is 10.1. The number of piperazine rings is 1. The van der Waals surface area contributed by atoms with Crippen molar-refractivity contribution in [2.75, 3.05) is 62.3 Å². The summed E-state index contributed by atoms with van der Waals surface area (Å²) in [5.74, 6) is 0.961. The average Bonchev–Trinajstić information content (AvgIpc) is 3.23. The summed E-state index contributed by atoms with van der Waals surface area (Å²) in [7, 11) is 0. The third kappa shape index (κ3) is 3.80. The molecule has 0 saturated carbocycles. The number of amides is 1. The van der Waals surface area contributed by atoms with Crippen LogP contribution in [0.4, 0.5) is 11.5 Å². The van der Waals surface area contributed by atoms with E-state index in [1.54, 1.807) is 6.20 Å². The minimum Gasteiger partial charge on any atom is -0.378 e. The highest BCUT2D eigenvalue weighted by molar-refractivity contribution is 5.86. The molecule has 0 unspecified atom stereocenters. The molecule has 4 heterocycles. The molecule has 0 spiro atoms. The highest BCUT2D eigenvalue weighted by Gasteiger charge is 2.24. The highest BCUT2D eigenvalue weighted by atomic mass is 16.5. The van der Waals surface area contributed by atoms with Crippen molar-refractivity contribution in [2.24, 2.45) is 0 Å². The Balaban J connectivity index is 1.20. The van der Waals surface area contributed by atoms with Gasteiger partial charge in [-0.1, -0.05) is 17.3 Å². The standard InChI is InChI=1S/C21H24N6O3/c28-21(14-18-17-3-1-2-4-19(17)30-24-18)27-7-5-25(6-8-27)16-13-20(23-22-15-16)26-9-11-29-12-10-26/h1-4,13,15H,5-12,14H2. The fourth-order valence-electron chi connectivity index (χ4n) is 4.00. The zero-order valence-corrected chi connectivity index (χ0v) is 16.7. The molecule has 156 valence electrons. The maximum absolute atomic E-state index is 12.8. The molecule has 9 nitrogen and oxygen atoms in total. The van der Waals surface area contributed by atoms with E-state index in [0.29, 0.717) is 37.6 Å². The molecule has 1 aromatic carbocycles. The predicted octanol–water partition coefficient (Wildman–Crippen LogP) is 1.35. The Morgan fingerprint density at radius 3 is 2.63 bits per heavy atom. The van der Waals surface area contributed by atoms with Crippen LogP contribution < -0.4 is 9.80 Å². The van der Waals surface area contributed by atoms with Crippen LogP contribution in [-0.4, -0.2) is 78.6 Å². The number of fused-ring (bicyclic) bond motifs is 1. The number of nitrogens with zero attached hydrogens (tertiary/aromatic N) is 6. The van der Waals surface area contributed by atoms with Crippen LogP contribution in [-0.2, 0) is 16.0 Å². The molecule has 3 aromatic rings. The molecular weight excluding hydrogens is 384 g/mol. The van der Waals surface area contributed by atoms with Gasteiger partial charge in [-0.2, -0.15) is 5.10 Å². The number of hydrogen-bond acceptors (Lipinski definition) is 8. The van der Waals surface area contributed by atoms with E-state index < -0.39 is 0 Å². The van der Waals surface area contributed by atoms with Crippen LogP contribution >= 0.6 is 0 Å². The molecule has 0 aliphatic carbocycles.